The zero-order chi connectivity index (χ0) is 24.4. The van der Waals surface area contributed by atoms with Crippen molar-refractivity contribution in [2.45, 2.75) is 13.2 Å². The number of hydrogen-bond acceptors (Lipinski definition) is 5. The van der Waals surface area contributed by atoms with E-state index in [0.717, 1.165) is 0 Å². The zero-order valence-electron chi connectivity index (χ0n) is 16.8. The first kappa shape index (κ1) is 22.9. The van der Waals surface area contributed by atoms with Crippen LogP contribution in [0.3, 0.4) is 0 Å². The van der Waals surface area contributed by atoms with Crippen molar-refractivity contribution in [3.05, 3.63) is 94.7 Å². The standard InChI is InChI=1S/C21H12F6N4O3/c22-12-4-2-1-3-10(12)7-31-9-28-21(30-31)29-20(32)13-6-5-11(34-13)8-33-19-17(26)15(24)14(23)16(25)18(19)27/h1-6,9H,7-8H2,(H,29,30,32). The third-order valence-corrected chi connectivity index (χ3v) is 4.47. The molecule has 2 aromatic heterocycles. The monoisotopic (exact) mass is 482 g/mol. The van der Waals surface area contributed by atoms with Gasteiger partial charge >= 0.3 is 0 Å². The first-order valence-corrected chi connectivity index (χ1v) is 9.41. The Morgan fingerprint density at radius 1 is 0.941 bits per heavy atom. The fourth-order valence-corrected chi connectivity index (χ4v) is 2.82. The van der Waals surface area contributed by atoms with E-state index >= 15 is 0 Å². The Hall–Kier alpha value is -4.29. The van der Waals surface area contributed by atoms with Crippen molar-refractivity contribution in [2.75, 3.05) is 5.32 Å². The molecule has 0 fully saturated rings. The summed E-state index contributed by atoms with van der Waals surface area (Å²) in [6.45, 7) is -0.670. The summed E-state index contributed by atoms with van der Waals surface area (Å²) in [6.07, 6.45) is 1.27. The van der Waals surface area contributed by atoms with E-state index in [0.29, 0.717) is 5.56 Å². The molecule has 0 aliphatic carbocycles. The van der Waals surface area contributed by atoms with Gasteiger partial charge in [0.15, 0.2) is 11.5 Å². The second-order valence-corrected chi connectivity index (χ2v) is 6.76. The van der Waals surface area contributed by atoms with Crippen LogP contribution in [0.4, 0.5) is 32.3 Å². The summed E-state index contributed by atoms with van der Waals surface area (Å²) in [7, 11) is 0. The molecule has 1 N–H and O–H groups in total. The van der Waals surface area contributed by atoms with E-state index in [9.17, 15) is 31.1 Å². The summed E-state index contributed by atoms with van der Waals surface area (Å²) < 4.78 is 91.8. The van der Waals surface area contributed by atoms with Crippen molar-refractivity contribution in [3.8, 4) is 5.75 Å². The molecular weight excluding hydrogens is 470 g/mol. The number of nitrogens with zero attached hydrogens (tertiary/aromatic N) is 3. The topological polar surface area (TPSA) is 82.2 Å². The molecule has 1 amide bonds. The molecule has 0 unspecified atom stereocenters. The Balaban J connectivity index is 1.39. The first-order chi connectivity index (χ1) is 16.2. The number of amides is 1. The molecule has 0 saturated carbocycles. The summed E-state index contributed by atoms with van der Waals surface area (Å²) in [5.41, 5.74) is 0.356. The van der Waals surface area contributed by atoms with Crippen molar-refractivity contribution < 1.29 is 40.3 Å². The lowest BCUT2D eigenvalue weighted by Crippen LogP contribution is -2.13. The van der Waals surface area contributed by atoms with Crippen LogP contribution in [0.2, 0.25) is 0 Å². The average Bonchev–Trinajstić information content (AvgIpc) is 3.47. The van der Waals surface area contributed by atoms with Gasteiger partial charge in [0, 0.05) is 5.56 Å². The van der Waals surface area contributed by atoms with Crippen LogP contribution >= 0.6 is 0 Å². The molecule has 0 bridgehead atoms. The van der Waals surface area contributed by atoms with Crippen LogP contribution in [-0.2, 0) is 13.2 Å². The molecule has 0 aliphatic rings. The smallest absolute Gasteiger partial charge is 0.293 e. The summed E-state index contributed by atoms with van der Waals surface area (Å²) in [5, 5.41) is 6.33. The highest BCUT2D eigenvalue weighted by Crippen LogP contribution is 2.29. The van der Waals surface area contributed by atoms with Crippen LogP contribution in [0.25, 0.3) is 0 Å². The van der Waals surface area contributed by atoms with Gasteiger partial charge < -0.3 is 9.15 Å². The van der Waals surface area contributed by atoms with Gasteiger partial charge in [0.2, 0.25) is 35.0 Å². The molecule has 0 radical (unpaired) electrons. The molecule has 7 nitrogen and oxygen atoms in total. The van der Waals surface area contributed by atoms with E-state index in [1.54, 1.807) is 12.1 Å². The van der Waals surface area contributed by atoms with E-state index < -0.39 is 53.2 Å². The van der Waals surface area contributed by atoms with Crippen LogP contribution in [0.5, 0.6) is 5.75 Å². The van der Waals surface area contributed by atoms with Crippen molar-refractivity contribution in [2.24, 2.45) is 0 Å². The highest BCUT2D eigenvalue weighted by Gasteiger charge is 2.27. The minimum atomic E-state index is -2.32. The van der Waals surface area contributed by atoms with E-state index in [-0.39, 0.29) is 24.0 Å². The third kappa shape index (κ3) is 4.58. The third-order valence-electron chi connectivity index (χ3n) is 4.47. The molecule has 4 rings (SSSR count). The normalized spacial score (nSPS) is 11.0. The Kier molecular flexibility index (Phi) is 6.25. The van der Waals surface area contributed by atoms with Gasteiger partial charge in [-0.3, -0.25) is 10.1 Å². The number of ether oxygens (including phenoxy) is 1. The van der Waals surface area contributed by atoms with Crippen molar-refractivity contribution in [1.29, 1.82) is 0 Å². The van der Waals surface area contributed by atoms with E-state index in [1.807, 2.05) is 0 Å². The van der Waals surface area contributed by atoms with Crippen molar-refractivity contribution in [3.63, 3.8) is 0 Å². The molecule has 13 heteroatoms. The molecule has 34 heavy (non-hydrogen) atoms. The van der Waals surface area contributed by atoms with Gasteiger partial charge in [0.1, 0.15) is 24.5 Å². The highest BCUT2D eigenvalue weighted by atomic mass is 19.2. The van der Waals surface area contributed by atoms with E-state index in [1.165, 1.54) is 35.3 Å². The van der Waals surface area contributed by atoms with E-state index in [4.69, 9.17) is 4.42 Å². The van der Waals surface area contributed by atoms with Gasteiger partial charge in [0.25, 0.3) is 5.91 Å². The molecule has 0 saturated heterocycles. The molecular formula is C21H12F6N4O3. The maximum Gasteiger partial charge on any atom is 0.293 e. The van der Waals surface area contributed by atoms with Crippen LogP contribution < -0.4 is 10.1 Å². The van der Waals surface area contributed by atoms with Crippen molar-refractivity contribution >= 4 is 11.9 Å². The van der Waals surface area contributed by atoms with Gasteiger partial charge in [-0.05, 0) is 18.2 Å². The summed E-state index contributed by atoms with van der Waals surface area (Å²) in [4.78, 5) is 16.2. The van der Waals surface area contributed by atoms with Crippen LogP contribution in [0.1, 0.15) is 21.9 Å². The molecule has 2 aromatic carbocycles. The van der Waals surface area contributed by atoms with Gasteiger partial charge in [0.05, 0.1) is 6.54 Å². The minimum Gasteiger partial charge on any atom is -0.479 e. The lowest BCUT2D eigenvalue weighted by molar-refractivity contribution is 0.0991. The number of rotatable bonds is 7. The predicted molar refractivity (Wildman–Crippen MR) is 103 cm³/mol. The average molecular weight is 482 g/mol. The number of nitrogens with one attached hydrogen (secondary N) is 1. The lowest BCUT2D eigenvalue weighted by Gasteiger charge is -2.09. The number of halogens is 6. The van der Waals surface area contributed by atoms with Gasteiger partial charge in [-0.15, -0.1) is 5.10 Å². The SMILES string of the molecule is O=C(Nc1ncn(Cc2ccccc2F)n1)c1ccc(COc2c(F)c(F)c(F)c(F)c2F)o1. The largest absolute Gasteiger partial charge is 0.479 e. The first-order valence-electron chi connectivity index (χ1n) is 9.41. The lowest BCUT2D eigenvalue weighted by atomic mass is 10.2. The summed E-state index contributed by atoms with van der Waals surface area (Å²) >= 11 is 0. The number of anilines is 1. The van der Waals surface area contributed by atoms with Gasteiger partial charge in [-0.1, -0.05) is 18.2 Å². The summed E-state index contributed by atoms with van der Waals surface area (Å²) in [5.74, 6) is -14.2. The van der Waals surface area contributed by atoms with E-state index in [2.05, 4.69) is 20.1 Å². The molecule has 4 aromatic rings. The number of carbonyl (C=O) groups excluding carboxylic acids is 1. The maximum atomic E-state index is 13.7. The number of hydrogen-bond donors (Lipinski definition) is 1. The highest BCUT2D eigenvalue weighted by molar-refractivity contribution is 6.01. The predicted octanol–water partition coefficient (Wildman–Crippen LogP) is 4.59. The van der Waals surface area contributed by atoms with Crippen LogP contribution in [0.15, 0.2) is 47.1 Å². The van der Waals surface area contributed by atoms with Crippen LogP contribution in [-0.4, -0.2) is 20.7 Å². The van der Waals surface area contributed by atoms with Crippen LogP contribution in [0, 0.1) is 34.9 Å². The quantitative estimate of drug-likeness (QED) is 0.237. The second-order valence-electron chi connectivity index (χ2n) is 6.76. The Bertz CT molecular complexity index is 1340. The van der Waals surface area contributed by atoms with Gasteiger partial charge in [-0.2, -0.15) is 8.78 Å². The number of aromatic nitrogens is 3. The second kappa shape index (κ2) is 9.29. The molecule has 0 aliphatic heterocycles. The molecule has 176 valence electrons. The molecule has 0 atom stereocenters. The summed E-state index contributed by atoms with van der Waals surface area (Å²) in [6, 6.07) is 8.43. The number of carbonyl (C=O) groups is 1. The number of benzene rings is 2. The fraction of sp³-hybridized carbons (Fsp3) is 0.0952. The Morgan fingerprint density at radius 2 is 1.62 bits per heavy atom. The number of furan rings is 1. The fourth-order valence-electron chi connectivity index (χ4n) is 2.82. The molecule has 2 heterocycles. The Labute approximate surface area is 186 Å². The zero-order valence-corrected chi connectivity index (χ0v) is 16.8. The van der Waals surface area contributed by atoms with Crippen molar-refractivity contribution in [1.82, 2.24) is 14.8 Å². The minimum absolute atomic E-state index is 0.0650. The maximum absolute atomic E-state index is 13.7. The molecule has 0 spiro atoms. The Morgan fingerprint density at radius 3 is 2.32 bits per heavy atom. The van der Waals surface area contributed by atoms with Gasteiger partial charge in [-0.25, -0.2) is 27.2 Å².